The maximum atomic E-state index is 11.3. The van der Waals surface area contributed by atoms with Gasteiger partial charge in [-0.1, -0.05) is 0 Å². The lowest BCUT2D eigenvalue weighted by atomic mass is 10.3. The van der Waals surface area contributed by atoms with Crippen LogP contribution in [0.5, 0.6) is 0 Å². The molecule has 6 heteroatoms. The minimum Gasteiger partial charge on any atom is -0.315 e. The van der Waals surface area contributed by atoms with Gasteiger partial charge in [-0.15, -0.1) is 10.2 Å². The number of pyridine rings is 1. The molecule has 0 amide bonds. The fraction of sp³-hybridized carbons (Fsp3) is 0.250. The van der Waals surface area contributed by atoms with Crippen molar-refractivity contribution in [2.24, 2.45) is 0 Å². The van der Waals surface area contributed by atoms with Gasteiger partial charge in [-0.3, -0.25) is 4.79 Å². The highest BCUT2D eigenvalue weighted by Gasteiger charge is 2.03. The van der Waals surface area contributed by atoms with Crippen LogP contribution in [0.15, 0.2) is 23.1 Å². The van der Waals surface area contributed by atoms with E-state index in [0.29, 0.717) is 12.4 Å². The summed E-state index contributed by atoms with van der Waals surface area (Å²) in [6, 6.07) is 3.18. The Balaban J connectivity index is 2.51. The Morgan fingerprint density at radius 1 is 1.50 bits per heavy atom. The van der Waals surface area contributed by atoms with Crippen LogP contribution in [-0.4, -0.2) is 25.2 Å². The number of aromatic nitrogens is 5. The zero-order chi connectivity index (χ0) is 9.97. The molecule has 1 N–H and O–H groups in total. The largest absolute Gasteiger partial charge is 0.315 e. The molecule has 2 heterocycles. The van der Waals surface area contributed by atoms with E-state index in [1.54, 1.807) is 16.8 Å². The van der Waals surface area contributed by atoms with Gasteiger partial charge in [-0.25, -0.2) is 0 Å². The first-order valence-corrected chi connectivity index (χ1v) is 4.25. The van der Waals surface area contributed by atoms with E-state index in [-0.39, 0.29) is 5.56 Å². The van der Waals surface area contributed by atoms with Gasteiger partial charge in [0.15, 0.2) is 0 Å². The number of rotatable bonds is 2. The van der Waals surface area contributed by atoms with E-state index < -0.39 is 0 Å². The first-order chi connectivity index (χ1) is 6.81. The van der Waals surface area contributed by atoms with E-state index in [1.807, 2.05) is 6.92 Å². The Labute approximate surface area is 79.6 Å². The van der Waals surface area contributed by atoms with Gasteiger partial charge in [0.1, 0.15) is 0 Å². The number of tetrazole rings is 1. The van der Waals surface area contributed by atoms with Crippen molar-refractivity contribution in [1.29, 1.82) is 0 Å². The van der Waals surface area contributed by atoms with Crippen LogP contribution in [0.1, 0.15) is 6.92 Å². The van der Waals surface area contributed by atoms with Crippen LogP contribution in [-0.2, 0) is 6.54 Å². The van der Waals surface area contributed by atoms with E-state index in [0.717, 1.165) is 5.56 Å². The number of nitrogens with one attached hydrogen (secondary N) is 1. The van der Waals surface area contributed by atoms with Gasteiger partial charge in [0, 0.05) is 24.4 Å². The predicted octanol–water partition coefficient (Wildman–Crippen LogP) is 0.0483. The van der Waals surface area contributed by atoms with Gasteiger partial charge >= 0.3 is 0 Å². The number of hydrogen-bond donors (Lipinski definition) is 1. The third-order valence-corrected chi connectivity index (χ3v) is 1.93. The van der Waals surface area contributed by atoms with Crippen molar-refractivity contribution >= 4 is 0 Å². The summed E-state index contributed by atoms with van der Waals surface area (Å²) in [5, 5.41) is 13.5. The summed E-state index contributed by atoms with van der Waals surface area (Å²) in [7, 11) is 0. The van der Waals surface area contributed by atoms with Crippen LogP contribution in [0.25, 0.3) is 11.4 Å². The molecule has 72 valence electrons. The highest BCUT2D eigenvalue weighted by Crippen LogP contribution is 2.09. The predicted molar refractivity (Wildman–Crippen MR) is 49.5 cm³/mol. The minimum absolute atomic E-state index is 0.0280. The number of hydrogen-bond acceptors (Lipinski definition) is 4. The highest BCUT2D eigenvalue weighted by atomic mass is 16.1. The van der Waals surface area contributed by atoms with Crippen molar-refractivity contribution in [3.05, 3.63) is 28.7 Å². The maximum Gasteiger partial charge on any atom is 0.250 e. The molecule has 0 unspecified atom stereocenters. The van der Waals surface area contributed by atoms with Crippen molar-refractivity contribution in [1.82, 2.24) is 25.2 Å². The first-order valence-electron chi connectivity index (χ1n) is 4.25. The van der Waals surface area contributed by atoms with Crippen LogP contribution in [0.4, 0.5) is 0 Å². The van der Waals surface area contributed by atoms with E-state index >= 15 is 0 Å². The van der Waals surface area contributed by atoms with Gasteiger partial charge < -0.3 is 4.57 Å². The second kappa shape index (κ2) is 3.41. The monoisotopic (exact) mass is 191 g/mol. The molecule has 0 radical (unpaired) electrons. The second-order valence-corrected chi connectivity index (χ2v) is 2.78. The highest BCUT2D eigenvalue weighted by molar-refractivity contribution is 5.51. The molecule has 0 saturated carbocycles. The molecule has 0 aliphatic carbocycles. The first kappa shape index (κ1) is 8.61. The number of aromatic amines is 1. The zero-order valence-corrected chi connectivity index (χ0v) is 7.64. The molecule has 0 bridgehead atoms. The summed E-state index contributed by atoms with van der Waals surface area (Å²) >= 11 is 0. The smallest absolute Gasteiger partial charge is 0.250 e. The molecule has 2 aromatic heterocycles. The molecule has 0 spiro atoms. The minimum atomic E-state index is -0.0280. The van der Waals surface area contributed by atoms with Crippen LogP contribution < -0.4 is 5.56 Å². The fourth-order valence-corrected chi connectivity index (χ4v) is 1.19. The Morgan fingerprint density at radius 3 is 3.00 bits per heavy atom. The molecule has 2 rings (SSSR count). The van der Waals surface area contributed by atoms with Crippen LogP contribution in [0.2, 0.25) is 0 Å². The Bertz CT molecular complexity index is 473. The maximum absolute atomic E-state index is 11.3. The topological polar surface area (TPSA) is 76.5 Å². The fourth-order valence-electron chi connectivity index (χ4n) is 1.19. The Hall–Kier alpha value is -1.98. The number of nitrogens with zero attached hydrogens (tertiary/aromatic N) is 4. The van der Waals surface area contributed by atoms with Crippen molar-refractivity contribution in [2.75, 3.05) is 0 Å². The van der Waals surface area contributed by atoms with Gasteiger partial charge in [0.25, 0.3) is 5.56 Å². The average molecular weight is 191 g/mol. The summed E-state index contributed by atoms with van der Waals surface area (Å²) in [5.41, 5.74) is 0.750. The molecule has 0 aromatic carbocycles. The summed E-state index contributed by atoms with van der Waals surface area (Å²) in [4.78, 5) is 11.3. The van der Waals surface area contributed by atoms with Crippen LogP contribution >= 0.6 is 0 Å². The third-order valence-electron chi connectivity index (χ3n) is 1.93. The molecule has 0 aliphatic rings. The van der Waals surface area contributed by atoms with Gasteiger partial charge in [0.2, 0.25) is 5.82 Å². The lowest BCUT2D eigenvalue weighted by molar-refractivity contribution is 0.728. The average Bonchev–Trinajstić information content (AvgIpc) is 2.71. The zero-order valence-electron chi connectivity index (χ0n) is 7.64. The van der Waals surface area contributed by atoms with Crippen molar-refractivity contribution in [2.45, 2.75) is 13.5 Å². The van der Waals surface area contributed by atoms with E-state index in [9.17, 15) is 4.79 Å². The quantitative estimate of drug-likeness (QED) is 0.727. The van der Waals surface area contributed by atoms with Gasteiger partial charge in [-0.05, 0) is 18.2 Å². The molecule has 0 saturated heterocycles. The molecule has 6 nitrogen and oxygen atoms in total. The van der Waals surface area contributed by atoms with Crippen molar-refractivity contribution in [3.63, 3.8) is 0 Å². The summed E-state index contributed by atoms with van der Waals surface area (Å²) in [6.45, 7) is 2.53. The second-order valence-electron chi connectivity index (χ2n) is 2.78. The normalized spacial score (nSPS) is 10.4. The van der Waals surface area contributed by atoms with Crippen LogP contribution in [0.3, 0.4) is 0 Å². The summed E-state index contributed by atoms with van der Waals surface area (Å²) in [5.74, 6) is 0.493. The SMILES string of the molecule is CCn1cc(-c2nn[nH]n2)ccc1=O. The summed E-state index contributed by atoms with van der Waals surface area (Å²) in [6.07, 6.45) is 1.72. The molecule has 2 aromatic rings. The molecule has 0 atom stereocenters. The van der Waals surface area contributed by atoms with Gasteiger partial charge in [-0.2, -0.15) is 5.21 Å². The van der Waals surface area contributed by atoms with Crippen LogP contribution in [0, 0.1) is 0 Å². The van der Waals surface area contributed by atoms with E-state index in [1.165, 1.54) is 6.07 Å². The molecule has 14 heavy (non-hydrogen) atoms. The molecule has 0 aliphatic heterocycles. The third kappa shape index (κ3) is 1.41. The number of H-pyrrole nitrogens is 1. The van der Waals surface area contributed by atoms with Crippen molar-refractivity contribution < 1.29 is 0 Å². The Kier molecular flexibility index (Phi) is 2.10. The number of aryl methyl sites for hydroxylation is 1. The Morgan fingerprint density at radius 2 is 2.36 bits per heavy atom. The lowest BCUT2D eigenvalue weighted by Crippen LogP contribution is -2.17. The molecule has 0 fully saturated rings. The van der Waals surface area contributed by atoms with E-state index in [2.05, 4.69) is 20.6 Å². The lowest BCUT2D eigenvalue weighted by Gasteiger charge is -2.01. The van der Waals surface area contributed by atoms with E-state index in [4.69, 9.17) is 0 Å². The molecular formula is C8H9N5O. The molecular weight excluding hydrogens is 182 g/mol. The standard InChI is InChI=1S/C8H9N5O/c1-2-13-5-6(3-4-7(13)14)8-9-11-12-10-8/h3-5H,2H2,1H3,(H,9,10,11,12). The van der Waals surface area contributed by atoms with Gasteiger partial charge in [0.05, 0.1) is 0 Å². The summed E-state index contributed by atoms with van der Waals surface area (Å²) < 4.78 is 1.59. The van der Waals surface area contributed by atoms with Crippen molar-refractivity contribution in [3.8, 4) is 11.4 Å².